The predicted molar refractivity (Wildman–Crippen MR) is 427 cm³/mol. The van der Waals surface area contributed by atoms with Crippen molar-refractivity contribution in [3.63, 3.8) is 0 Å². The van der Waals surface area contributed by atoms with Crippen molar-refractivity contribution in [3.05, 3.63) is 164 Å². The van der Waals surface area contributed by atoms with Crippen molar-refractivity contribution in [2.75, 3.05) is 116 Å². The number of hydrogen-bond donors (Lipinski definition) is 1. The van der Waals surface area contributed by atoms with Gasteiger partial charge in [-0.05, 0) is 153 Å². The molecule has 2 aromatic heterocycles. The van der Waals surface area contributed by atoms with Crippen LogP contribution in [0.2, 0.25) is 10.0 Å². The number of halogens is 3. The van der Waals surface area contributed by atoms with E-state index >= 15 is 0 Å². The minimum Gasteiger partial charge on any atom is -0.494 e. The monoisotopic (exact) mass is 1570 g/mol. The fourth-order valence-corrected chi connectivity index (χ4v) is 16.5. The highest BCUT2D eigenvalue weighted by Gasteiger charge is 2.64. The number of unbranched alkanes of at least 4 members (excludes halogenated alkanes) is 4. The van der Waals surface area contributed by atoms with Gasteiger partial charge in [0.15, 0.2) is 11.6 Å². The zero-order chi connectivity index (χ0) is 79.2. The summed E-state index contributed by atoms with van der Waals surface area (Å²) in [7, 11) is 5.22. The number of nitrogens with zero attached hydrogens (tertiary/aromatic N) is 7. The lowest BCUT2D eigenvalue weighted by Gasteiger charge is -2.63. The summed E-state index contributed by atoms with van der Waals surface area (Å²) >= 11 is 18.0. The highest BCUT2D eigenvalue weighted by atomic mass is 35.5. The molecule has 0 atom stereocenters. The smallest absolute Gasteiger partial charge is 0.338 e. The van der Waals surface area contributed by atoms with Crippen LogP contribution in [0, 0.1) is 56.2 Å². The summed E-state index contributed by atoms with van der Waals surface area (Å²) < 4.78 is 43.2. The maximum Gasteiger partial charge on any atom is 0.338 e. The molecule has 6 aromatic rings. The summed E-state index contributed by atoms with van der Waals surface area (Å²) in [5.41, 5.74) is 2.90. The maximum atomic E-state index is 13.5. The molecular weight excluding hydrogens is 1460 g/mol. The largest absolute Gasteiger partial charge is 0.494 e. The molecule has 10 rings (SSSR count). The SMILES string of the molecule is C.CC1(C)C(CC(=O)c2ccc(N3CCNCC3)nc2)C(C)(C)C1Oc1ccc(C#N)c(Cl)c1.COC(=O)Cc1cc(OCCCCCCl)ccc1C(=O)OC.COC(=O)Cc1cc(OCCCCCN2CCN(c3ccc(C(=O)CC4C(C)(C)C(Oc5ccc(C#N)c(Cl)c5)C4(C)C)cn3)CC2)ccc1C(=O)OC. The molecular formula is C85H107Cl3N8O14. The van der Waals surface area contributed by atoms with Gasteiger partial charge in [-0.2, -0.15) is 10.5 Å². The number of hydrogen-bond acceptors (Lipinski definition) is 22. The molecule has 2 aliphatic carbocycles. The van der Waals surface area contributed by atoms with Crippen LogP contribution in [0.4, 0.5) is 11.6 Å². The van der Waals surface area contributed by atoms with E-state index in [-0.39, 0.29) is 77.5 Å². The minimum absolute atomic E-state index is 0. The van der Waals surface area contributed by atoms with Crippen molar-refractivity contribution in [3.8, 4) is 35.1 Å². The number of anilines is 2. The Hall–Kier alpha value is -9.03. The Labute approximate surface area is 663 Å². The van der Waals surface area contributed by atoms with Crippen LogP contribution in [0.5, 0.6) is 23.0 Å². The number of nitrogens with one attached hydrogen (secondary N) is 1. The number of rotatable bonds is 31. The summed E-state index contributed by atoms with van der Waals surface area (Å²) in [5, 5.41) is 22.4. The van der Waals surface area contributed by atoms with Crippen molar-refractivity contribution in [1.29, 1.82) is 10.5 Å². The fourth-order valence-electron chi connectivity index (χ4n) is 15.9. The molecule has 4 aliphatic rings. The van der Waals surface area contributed by atoms with Gasteiger partial charge in [-0.3, -0.25) is 24.1 Å². The van der Waals surface area contributed by atoms with Gasteiger partial charge < -0.3 is 53.0 Å². The van der Waals surface area contributed by atoms with Crippen LogP contribution in [0.1, 0.15) is 178 Å². The van der Waals surface area contributed by atoms with E-state index in [9.17, 15) is 34.0 Å². The molecule has 592 valence electrons. The van der Waals surface area contributed by atoms with Crippen LogP contribution in [0.15, 0.2) is 109 Å². The van der Waals surface area contributed by atoms with Gasteiger partial charge in [-0.15, -0.1) is 11.6 Å². The van der Waals surface area contributed by atoms with Crippen LogP contribution in [-0.4, -0.2) is 169 Å². The van der Waals surface area contributed by atoms with Gasteiger partial charge in [0.2, 0.25) is 0 Å². The Morgan fingerprint density at radius 2 is 0.900 bits per heavy atom. The summed E-state index contributed by atoms with van der Waals surface area (Å²) in [6.07, 6.45) is 9.84. The lowest BCUT2D eigenvalue weighted by atomic mass is 9.44. The van der Waals surface area contributed by atoms with Crippen LogP contribution in [-0.2, 0) is 41.4 Å². The second-order valence-corrected chi connectivity index (χ2v) is 31.4. The summed E-state index contributed by atoms with van der Waals surface area (Å²) in [5.74, 6) is 3.51. The topological polar surface area (TPSA) is 271 Å². The number of nitriles is 2. The fraction of sp³-hybridized carbons (Fsp3) is 0.506. The number of alkyl halides is 1. The number of Topliss-reactive ketones (excluding diaryl/α,β-unsaturated/α-hetero) is 2. The van der Waals surface area contributed by atoms with E-state index in [1.807, 2.05) is 24.3 Å². The first-order valence-electron chi connectivity index (χ1n) is 37.1. The van der Waals surface area contributed by atoms with Crippen molar-refractivity contribution in [1.82, 2.24) is 20.2 Å². The molecule has 1 N–H and O–H groups in total. The number of carbonyl (C=O) groups is 6. The zero-order valence-corrected chi connectivity index (χ0v) is 67.0. The van der Waals surface area contributed by atoms with E-state index in [2.05, 4.69) is 97.3 Å². The molecule has 0 radical (unpaired) electrons. The Morgan fingerprint density at radius 3 is 1.26 bits per heavy atom. The minimum atomic E-state index is -0.508. The highest BCUT2D eigenvalue weighted by Crippen LogP contribution is 2.63. The van der Waals surface area contributed by atoms with E-state index in [0.29, 0.717) is 109 Å². The summed E-state index contributed by atoms with van der Waals surface area (Å²) in [4.78, 5) is 90.0. The highest BCUT2D eigenvalue weighted by molar-refractivity contribution is 6.32. The quantitative estimate of drug-likeness (QED) is 0.0139. The number of carbonyl (C=O) groups excluding carboxylic acids is 6. The first-order valence-corrected chi connectivity index (χ1v) is 38.4. The first-order chi connectivity index (χ1) is 52.0. The lowest BCUT2D eigenvalue weighted by Crippen LogP contribution is -2.66. The normalized spacial score (nSPS) is 18.3. The van der Waals surface area contributed by atoms with Crippen LogP contribution in [0.25, 0.3) is 0 Å². The third kappa shape index (κ3) is 22.6. The van der Waals surface area contributed by atoms with E-state index in [1.54, 1.807) is 85.2 Å². The molecule has 0 spiro atoms. The van der Waals surface area contributed by atoms with Gasteiger partial charge in [0.05, 0.1) is 86.8 Å². The van der Waals surface area contributed by atoms with E-state index in [0.717, 1.165) is 109 Å². The molecule has 4 aromatic carbocycles. The Morgan fingerprint density at radius 1 is 0.500 bits per heavy atom. The Balaban J connectivity index is 0.000000254. The average molecular weight is 1570 g/mol. The van der Waals surface area contributed by atoms with E-state index < -0.39 is 23.9 Å². The molecule has 0 amide bonds. The Kier molecular flexibility index (Phi) is 32.7. The van der Waals surface area contributed by atoms with Crippen molar-refractivity contribution in [2.45, 2.75) is 139 Å². The first kappa shape index (κ1) is 88.2. The number of ketones is 2. The van der Waals surface area contributed by atoms with Crippen LogP contribution < -0.4 is 34.1 Å². The van der Waals surface area contributed by atoms with E-state index in [4.69, 9.17) is 78.2 Å². The molecule has 2 aliphatic heterocycles. The summed E-state index contributed by atoms with van der Waals surface area (Å²) in [6.45, 7) is 26.7. The number of ether oxygens (including phenoxy) is 8. The number of benzene rings is 4. The van der Waals surface area contributed by atoms with E-state index in [1.165, 1.54) is 28.4 Å². The Bertz CT molecular complexity index is 4170. The third-order valence-electron chi connectivity index (χ3n) is 21.5. The lowest BCUT2D eigenvalue weighted by molar-refractivity contribution is -0.196. The van der Waals surface area contributed by atoms with Gasteiger partial charge in [0.1, 0.15) is 59.0 Å². The van der Waals surface area contributed by atoms with Gasteiger partial charge in [0.25, 0.3) is 0 Å². The van der Waals surface area contributed by atoms with Gasteiger partial charge in [-0.1, -0.05) is 86.0 Å². The van der Waals surface area contributed by atoms with Crippen molar-refractivity contribution < 1.29 is 66.7 Å². The van der Waals surface area contributed by atoms with Crippen LogP contribution >= 0.6 is 34.8 Å². The number of esters is 4. The van der Waals surface area contributed by atoms with Crippen LogP contribution in [0.3, 0.4) is 0 Å². The molecule has 110 heavy (non-hydrogen) atoms. The van der Waals surface area contributed by atoms with Gasteiger partial charge in [0, 0.05) is 128 Å². The molecule has 4 fully saturated rings. The molecule has 0 unspecified atom stereocenters. The standard InChI is InChI=1S/C42H51ClN4O7.C26H31ClN4O2.C16H21ClO5.CH4/c1-41(2)36(42(3,4)40(41)54-32-12-10-28(26-44)34(43)24-32)25-35(48)29-11-15-37(45-27-29)47-19-17-46(18-20-47)16-8-7-9-21-53-31-13-14-33(39(50)52-6)30(22-31)23-38(49)51-5;1-25(2)22(26(3,4)24(25)33-19-7-5-17(15-28)20(27)13-19)14-21(32)18-6-8-23(30-16-18)31-11-9-29-10-12-31;1-20-15(18)11-12-10-13(22-9-5-3-4-8-17)6-7-14(12)16(19)21-2;/h10-15,22,24,27,36,40H,7-9,16-21,23,25H2,1-6H3;5-8,13,16,22,24,29H,9-12,14H2,1-4H3;6-7,10H,3-5,8-9,11H2,1-2H3;1H4. The maximum absolute atomic E-state index is 13.5. The predicted octanol–water partition coefficient (Wildman–Crippen LogP) is 15.5. The molecule has 25 heteroatoms. The van der Waals surface area contributed by atoms with Gasteiger partial charge >= 0.3 is 23.9 Å². The van der Waals surface area contributed by atoms with Crippen molar-refractivity contribution >= 4 is 81.9 Å². The molecule has 0 bridgehead atoms. The number of aromatic nitrogens is 2. The third-order valence-corrected chi connectivity index (χ3v) is 22.4. The number of methoxy groups -OCH3 is 4. The number of pyridine rings is 2. The zero-order valence-electron chi connectivity index (χ0n) is 64.7. The molecule has 4 heterocycles. The molecule has 2 saturated heterocycles. The second-order valence-electron chi connectivity index (χ2n) is 30.2. The summed E-state index contributed by atoms with van der Waals surface area (Å²) in [6, 6.07) is 32.1. The molecule has 2 saturated carbocycles. The number of piperazine rings is 2. The molecule has 22 nitrogen and oxygen atoms in total. The second kappa shape index (κ2) is 40.8. The van der Waals surface area contributed by atoms with Gasteiger partial charge in [-0.25, -0.2) is 19.6 Å². The van der Waals surface area contributed by atoms with Crippen molar-refractivity contribution in [2.24, 2.45) is 33.5 Å². The average Bonchev–Trinajstić information content (AvgIpc) is 0.713.